The summed E-state index contributed by atoms with van der Waals surface area (Å²) >= 11 is 0. The third-order valence-electron chi connectivity index (χ3n) is 2.41. The number of hydrogen-bond acceptors (Lipinski definition) is 3. The molecule has 0 fully saturated rings. The van der Waals surface area contributed by atoms with Crippen LogP contribution in [0, 0.1) is 6.92 Å². The number of carbonyl (C=O) groups is 1. The van der Waals surface area contributed by atoms with Crippen molar-refractivity contribution in [3.05, 3.63) is 29.3 Å². The highest BCUT2D eigenvalue weighted by molar-refractivity contribution is 5.95. The Labute approximate surface area is 95.5 Å². The highest BCUT2D eigenvalue weighted by atomic mass is 16.3. The molecular formula is C12H18N2O2. The molecule has 4 heteroatoms. The number of amides is 1. The van der Waals surface area contributed by atoms with Crippen LogP contribution in [0.15, 0.2) is 18.2 Å². The summed E-state index contributed by atoms with van der Waals surface area (Å²) in [5.41, 5.74) is 7.71. The zero-order chi connectivity index (χ0) is 12.1. The van der Waals surface area contributed by atoms with Gasteiger partial charge in [0.2, 0.25) is 0 Å². The van der Waals surface area contributed by atoms with E-state index in [4.69, 9.17) is 10.8 Å². The lowest BCUT2D eigenvalue weighted by Crippen LogP contribution is -2.36. The highest BCUT2D eigenvalue weighted by Crippen LogP contribution is 2.11. The molecule has 1 unspecified atom stereocenters. The molecule has 0 spiro atoms. The minimum absolute atomic E-state index is 0.0520. The molecular weight excluding hydrogens is 204 g/mol. The van der Waals surface area contributed by atoms with Crippen LogP contribution >= 0.6 is 0 Å². The first-order valence-corrected chi connectivity index (χ1v) is 5.35. The lowest BCUT2D eigenvalue weighted by atomic mass is 10.1. The molecule has 4 nitrogen and oxygen atoms in total. The summed E-state index contributed by atoms with van der Waals surface area (Å²) in [6.07, 6.45) is 0.698. The third-order valence-corrected chi connectivity index (χ3v) is 2.41. The zero-order valence-electron chi connectivity index (χ0n) is 9.66. The first-order chi connectivity index (χ1) is 7.56. The van der Waals surface area contributed by atoms with Gasteiger partial charge in [0.15, 0.2) is 0 Å². The van der Waals surface area contributed by atoms with Gasteiger partial charge in [0, 0.05) is 11.3 Å². The van der Waals surface area contributed by atoms with E-state index in [9.17, 15) is 4.79 Å². The number of nitrogens with two attached hydrogens (primary N) is 1. The highest BCUT2D eigenvalue weighted by Gasteiger charge is 2.11. The number of benzene rings is 1. The molecule has 4 N–H and O–H groups in total. The molecule has 0 bridgehead atoms. The largest absolute Gasteiger partial charge is 0.399 e. The summed E-state index contributed by atoms with van der Waals surface area (Å²) in [7, 11) is 0. The monoisotopic (exact) mass is 222 g/mol. The second-order valence-electron chi connectivity index (χ2n) is 3.89. The molecule has 0 saturated heterocycles. The Morgan fingerprint density at radius 3 is 2.69 bits per heavy atom. The van der Waals surface area contributed by atoms with Crippen LogP contribution in [-0.2, 0) is 0 Å². The van der Waals surface area contributed by atoms with Crippen molar-refractivity contribution in [3.8, 4) is 0 Å². The normalized spacial score (nSPS) is 12.2. The van der Waals surface area contributed by atoms with Crippen LogP contribution in [0.4, 0.5) is 5.69 Å². The van der Waals surface area contributed by atoms with Gasteiger partial charge in [0.1, 0.15) is 0 Å². The second-order valence-corrected chi connectivity index (χ2v) is 3.89. The minimum Gasteiger partial charge on any atom is -0.399 e. The van der Waals surface area contributed by atoms with Gasteiger partial charge in [-0.25, -0.2) is 0 Å². The fourth-order valence-corrected chi connectivity index (χ4v) is 1.49. The van der Waals surface area contributed by atoms with E-state index < -0.39 is 0 Å². The predicted octanol–water partition coefficient (Wildman–Crippen LogP) is 1.08. The van der Waals surface area contributed by atoms with E-state index in [2.05, 4.69) is 5.32 Å². The molecule has 0 heterocycles. The average Bonchev–Trinajstić information content (AvgIpc) is 2.24. The molecule has 1 atom stereocenters. The molecule has 0 aromatic heterocycles. The van der Waals surface area contributed by atoms with Gasteiger partial charge in [0.25, 0.3) is 5.91 Å². The maximum absolute atomic E-state index is 11.8. The quantitative estimate of drug-likeness (QED) is 0.667. The Balaban J connectivity index is 2.80. The van der Waals surface area contributed by atoms with Crippen molar-refractivity contribution < 1.29 is 9.90 Å². The van der Waals surface area contributed by atoms with Crippen molar-refractivity contribution in [1.82, 2.24) is 5.32 Å². The number of nitrogen functional groups attached to an aromatic ring is 1. The summed E-state index contributed by atoms with van der Waals surface area (Å²) < 4.78 is 0. The summed E-state index contributed by atoms with van der Waals surface area (Å²) in [5, 5.41) is 11.7. The number of rotatable bonds is 4. The summed E-state index contributed by atoms with van der Waals surface area (Å²) in [6, 6.07) is 5.01. The van der Waals surface area contributed by atoms with Gasteiger partial charge in [-0.1, -0.05) is 6.92 Å². The maximum atomic E-state index is 11.8. The average molecular weight is 222 g/mol. The first-order valence-electron chi connectivity index (χ1n) is 5.35. The predicted molar refractivity (Wildman–Crippen MR) is 64.2 cm³/mol. The number of aliphatic hydroxyl groups is 1. The summed E-state index contributed by atoms with van der Waals surface area (Å²) in [6.45, 7) is 3.74. The molecule has 0 aliphatic carbocycles. The number of carbonyl (C=O) groups excluding carboxylic acids is 1. The van der Waals surface area contributed by atoms with Crippen molar-refractivity contribution in [2.75, 3.05) is 12.3 Å². The first kappa shape index (κ1) is 12.5. The molecule has 0 aliphatic rings. The standard InChI is InChI=1S/C12H18N2O2/c1-3-11(7-15)14-12(16)9-4-8(2)5-10(13)6-9/h4-6,11,15H,3,7,13H2,1-2H3,(H,14,16). The van der Waals surface area contributed by atoms with E-state index in [0.29, 0.717) is 17.7 Å². The van der Waals surface area contributed by atoms with Gasteiger partial charge in [-0.15, -0.1) is 0 Å². The van der Waals surface area contributed by atoms with Crippen molar-refractivity contribution in [2.24, 2.45) is 0 Å². The van der Waals surface area contributed by atoms with Crippen molar-refractivity contribution in [1.29, 1.82) is 0 Å². The van der Waals surface area contributed by atoms with Crippen molar-refractivity contribution in [3.63, 3.8) is 0 Å². The van der Waals surface area contributed by atoms with Crippen molar-refractivity contribution in [2.45, 2.75) is 26.3 Å². The van der Waals surface area contributed by atoms with E-state index in [1.165, 1.54) is 0 Å². The number of aliphatic hydroxyl groups excluding tert-OH is 1. The van der Waals surface area contributed by atoms with Gasteiger partial charge in [-0.3, -0.25) is 4.79 Å². The van der Waals surface area contributed by atoms with Crippen LogP contribution in [0.25, 0.3) is 0 Å². The third kappa shape index (κ3) is 3.24. The number of hydrogen-bond donors (Lipinski definition) is 3. The molecule has 1 amide bonds. The SMILES string of the molecule is CCC(CO)NC(=O)c1cc(C)cc(N)c1. The van der Waals surface area contributed by atoms with E-state index >= 15 is 0 Å². The number of anilines is 1. The van der Waals surface area contributed by atoms with Crippen molar-refractivity contribution >= 4 is 11.6 Å². The molecule has 1 aromatic rings. The molecule has 0 radical (unpaired) electrons. The number of nitrogens with one attached hydrogen (secondary N) is 1. The Kier molecular flexibility index (Phi) is 4.31. The topological polar surface area (TPSA) is 75.3 Å². The Hall–Kier alpha value is -1.55. The van der Waals surface area contributed by atoms with E-state index in [-0.39, 0.29) is 18.6 Å². The van der Waals surface area contributed by atoms with Gasteiger partial charge in [0.05, 0.1) is 12.6 Å². The van der Waals surface area contributed by atoms with E-state index in [0.717, 1.165) is 5.56 Å². The van der Waals surface area contributed by atoms with Crippen LogP contribution in [0.5, 0.6) is 0 Å². The summed E-state index contributed by atoms with van der Waals surface area (Å²) in [4.78, 5) is 11.8. The number of aryl methyl sites for hydroxylation is 1. The minimum atomic E-state index is -0.200. The molecule has 16 heavy (non-hydrogen) atoms. The maximum Gasteiger partial charge on any atom is 0.251 e. The van der Waals surface area contributed by atoms with Crippen LogP contribution in [-0.4, -0.2) is 23.7 Å². The van der Waals surface area contributed by atoms with Crippen LogP contribution in [0.2, 0.25) is 0 Å². The molecule has 1 rings (SSSR count). The van der Waals surface area contributed by atoms with Gasteiger partial charge in [-0.05, 0) is 37.1 Å². The Morgan fingerprint density at radius 2 is 2.19 bits per heavy atom. The molecule has 88 valence electrons. The van der Waals surface area contributed by atoms with Gasteiger partial charge in [-0.2, -0.15) is 0 Å². The zero-order valence-corrected chi connectivity index (χ0v) is 9.66. The van der Waals surface area contributed by atoms with Crippen LogP contribution in [0.1, 0.15) is 29.3 Å². The van der Waals surface area contributed by atoms with Crippen LogP contribution in [0.3, 0.4) is 0 Å². The lowest BCUT2D eigenvalue weighted by molar-refractivity contribution is 0.0915. The lowest BCUT2D eigenvalue weighted by Gasteiger charge is -2.14. The molecule has 0 aliphatic heterocycles. The van der Waals surface area contributed by atoms with E-state index in [1.807, 2.05) is 13.8 Å². The fourth-order valence-electron chi connectivity index (χ4n) is 1.49. The summed E-state index contributed by atoms with van der Waals surface area (Å²) in [5.74, 6) is -0.198. The van der Waals surface area contributed by atoms with Crippen LogP contribution < -0.4 is 11.1 Å². The fraction of sp³-hybridized carbons (Fsp3) is 0.417. The Bertz CT molecular complexity index is 353. The smallest absolute Gasteiger partial charge is 0.251 e. The molecule has 1 aromatic carbocycles. The molecule has 0 saturated carbocycles. The van der Waals surface area contributed by atoms with Gasteiger partial charge >= 0.3 is 0 Å². The van der Waals surface area contributed by atoms with Gasteiger partial charge < -0.3 is 16.2 Å². The van der Waals surface area contributed by atoms with E-state index in [1.54, 1.807) is 18.2 Å². The Morgan fingerprint density at radius 1 is 1.50 bits per heavy atom. The second kappa shape index (κ2) is 5.51.